The standard InChI is InChI=1S/C15H15BrN4OS2/c1-2-6-20-14(21)18-19-15(20)23-9-12-8-22-13(17-12)10-4-3-5-11(16)7-10/h3-5,7-8H,2,6,9H2,1H3,(H,18,21). The fourth-order valence-electron chi connectivity index (χ4n) is 2.10. The lowest BCUT2D eigenvalue weighted by atomic mass is 10.2. The molecule has 23 heavy (non-hydrogen) atoms. The summed E-state index contributed by atoms with van der Waals surface area (Å²) in [7, 11) is 0. The average molecular weight is 411 g/mol. The van der Waals surface area contributed by atoms with Gasteiger partial charge in [0, 0.05) is 27.7 Å². The summed E-state index contributed by atoms with van der Waals surface area (Å²) in [6.07, 6.45) is 0.900. The number of aromatic nitrogens is 4. The number of nitrogens with zero attached hydrogens (tertiary/aromatic N) is 3. The lowest BCUT2D eigenvalue weighted by molar-refractivity contribution is 0.604. The molecule has 3 rings (SSSR count). The Morgan fingerprint density at radius 1 is 1.43 bits per heavy atom. The summed E-state index contributed by atoms with van der Waals surface area (Å²) < 4.78 is 2.72. The van der Waals surface area contributed by atoms with Crippen LogP contribution in [0, 0.1) is 0 Å². The highest BCUT2D eigenvalue weighted by Crippen LogP contribution is 2.28. The van der Waals surface area contributed by atoms with E-state index in [2.05, 4.69) is 42.6 Å². The van der Waals surface area contributed by atoms with Crippen molar-refractivity contribution in [3.8, 4) is 10.6 Å². The van der Waals surface area contributed by atoms with Gasteiger partial charge in [-0.25, -0.2) is 14.9 Å². The molecule has 0 aliphatic carbocycles. The highest BCUT2D eigenvalue weighted by atomic mass is 79.9. The first kappa shape index (κ1) is 16.5. The van der Waals surface area contributed by atoms with Crippen LogP contribution in [0.3, 0.4) is 0 Å². The number of aromatic amines is 1. The molecule has 1 N–H and O–H groups in total. The molecular formula is C15H15BrN4OS2. The third-order valence-electron chi connectivity index (χ3n) is 3.14. The maximum absolute atomic E-state index is 11.7. The van der Waals surface area contributed by atoms with Gasteiger partial charge in [-0.3, -0.25) is 4.57 Å². The molecule has 0 amide bonds. The minimum atomic E-state index is -0.151. The predicted octanol–water partition coefficient (Wildman–Crippen LogP) is 4.16. The van der Waals surface area contributed by atoms with Crippen LogP contribution in [0.5, 0.6) is 0 Å². The van der Waals surface area contributed by atoms with Gasteiger partial charge < -0.3 is 0 Å². The van der Waals surface area contributed by atoms with Crippen LogP contribution in [-0.4, -0.2) is 19.7 Å². The number of thiazole rings is 1. The molecule has 2 heterocycles. The summed E-state index contributed by atoms with van der Waals surface area (Å²) >= 11 is 6.63. The monoisotopic (exact) mass is 410 g/mol. The van der Waals surface area contributed by atoms with Gasteiger partial charge in [0.1, 0.15) is 5.01 Å². The van der Waals surface area contributed by atoms with Gasteiger partial charge in [0.15, 0.2) is 5.16 Å². The van der Waals surface area contributed by atoms with Crippen LogP contribution in [0.4, 0.5) is 0 Å². The second-order valence-corrected chi connectivity index (χ2v) is 7.62. The molecule has 0 aliphatic heterocycles. The van der Waals surface area contributed by atoms with Gasteiger partial charge in [0.2, 0.25) is 0 Å². The molecule has 0 atom stereocenters. The molecule has 0 aliphatic rings. The number of thioether (sulfide) groups is 1. The first-order valence-corrected chi connectivity index (χ1v) is 9.81. The third kappa shape index (κ3) is 3.94. The highest BCUT2D eigenvalue weighted by molar-refractivity contribution is 9.10. The Morgan fingerprint density at radius 2 is 2.30 bits per heavy atom. The van der Waals surface area contributed by atoms with Gasteiger partial charge in [0.25, 0.3) is 0 Å². The van der Waals surface area contributed by atoms with E-state index in [1.807, 2.05) is 25.1 Å². The van der Waals surface area contributed by atoms with Crippen molar-refractivity contribution >= 4 is 39.0 Å². The molecule has 0 radical (unpaired) electrons. The van der Waals surface area contributed by atoms with E-state index in [4.69, 9.17) is 0 Å². The van der Waals surface area contributed by atoms with Crippen LogP contribution in [0.1, 0.15) is 19.0 Å². The Balaban J connectivity index is 1.72. The maximum Gasteiger partial charge on any atom is 0.343 e. The van der Waals surface area contributed by atoms with E-state index in [0.29, 0.717) is 17.5 Å². The molecule has 1 aromatic carbocycles. The van der Waals surface area contributed by atoms with E-state index >= 15 is 0 Å². The fourth-order valence-corrected chi connectivity index (χ4v) is 4.29. The highest BCUT2D eigenvalue weighted by Gasteiger charge is 2.10. The molecule has 8 heteroatoms. The van der Waals surface area contributed by atoms with E-state index in [0.717, 1.165) is 27.2 Å². The quantitative estimate of drug-likeness (QED) is 0.619. The van der Waals surface area contributed by atoms with Gasteiger partial charge in [-0.15, -0.1) is 16.4 Å². The summed E-state index contributed by atoms with van der Waals surface area (Å²) in [5, 5.41) is 10.4. The molecule has 0 saturated carbocycles. The van der Waals surface area contributed by atoms with Crippen molar-refractivity contribution in [1.29, 1.82) is 0 Å². The van der Waals surface area contributed by atoms with E-state index < -0.39 is 0 Å². The fraction of sp³-hybridized carbons (Fsp3) is 0.267. The van der Waals surface area contributed by atoms with Crippen molar-refractivity contribution in [2.45, 2.75) is 30.8 Å². The molecule has 3 aromatic rings. The topological polar surface area (TPSA) is 63.6 Å². The number of nitrogens with one attached hydrogen (secondary N) is 1. The van der Waals surface area contributed by atoms with Crippen LogP contribution in [0.2, 0.25) is 0 Å². The first-order valence-electron chi connectivity index (χ1n) is 7.15. The maximum atomic E-state index is 11.7. The van der Waals surface area contributed by atoms with Gasteiger partial charge >= 0.3 is 5.69 Å². The van der Waals surface area contributed by atoms with Crippen molar-refractivity contribution in [3.63, 3.8) is 0 Å². The van der Waals surface area contributed by atoms with Gasteiger partial charge in [-0.05, 0) is 18.6 Å². The summed E-state index contributed by atoms with van der Waals surface area (Å²) in [5.74, 6) is 0.693. The zero-order valence-corrected chi connectivity index (χ0v) is 15.7. The van der Waals surface area contributed by atoms with Crippen molar-refractivity contribution in [3.05, 3.63) is 50.3 Å². The molecule has 0 saturated heterocycles. The molecule has 120 valence electrons. The minimum Gasteiger partial charge on any atom is -0.270 e. The van der Waals surface area contributed by atoms with Crippen LogP contribution in [-0.2, 0) is 12.3 Å². The zero-order valence-electron chi connectivity index (χ0n) is 12.5. The number of halogens is 1. The van der Waals surface area contributed by atoms with Crippen LogP contribution >= 0.6 is 39.0 Å². The van der Waals surface area contributed by atoms with Crippen LogP contribution < -0.4 is 5.69 Å². The Morgan fingerprint density at radius 3 is 3.09 bits per heavy atom. The van der Waals surface area contributed by atoms with Crippen LogP contribution in [0.15, 0.2) is 44.1 Å². The smallest absolute Gasteiger partial charge is 0.270 e. The number of benzene rings is 1. The van der Waals surface area contributed by atoms with Gasteiger partial charge in [-0.2, -0.15) is 0 Å². The Labute approximate surface area is 150 Å². The Hall–Kier alpha value is -1.38. The van der Waals surface area contributed by atoms with E-state index in [1.165, 1.54) is 11.8 Å². The number of rotatable bonds is 6. The molecular weight excluding hydrogens is 396 g/mol. The Bertz CT molecular complexity index is 855. The summed E-state index contributed by atoms with van der Waals surface area (Å²) in [4.78, 5) is 16.3. The molecule has 0 spiro atoms. The molecule has 2 aromatic heterocycles. The largest absolute Gasteiger partial charge is 0.343 e. The lowest BCUT2D eigenvalue weighted by Gasteiger charge is -2.02. The average Bonchev–Trinajstić information content (AvgIpc) is 3.14. The first-order chi connectivity index (χ1) is 11.2. The number of hydrogen-bond acceptors (Lipinski definition) is 5. The molecule has 0 fully saturated rings. The molecule has 5 nitrogen and oxygen atoms in total. The summed E-state index contributed by atoms with van der Waals surface area (Å²) in [6, 6.07) is 8.11. The summed E-state index contributed by atoms with van der Waals surface area (Å²) in [6.45, 7) is 2.72. The van der Waals surface area contributed by atoms with Crippen molar-refractivity contribution in [2.75, 3.05) is 0 Å². The molecule has 0 unspecified atom stereocenters. The van der Waals surface area contributed by atoms with Crippen LogP contribution in [0.25, 0.3) is 10.6 Å². The summed E-state index contributed by atoms with van der Waals surface area (Å²) in [5.41, 5.74) is 1.94. The normalized spacial score (nSPS) is 11.0. The van der Waals surface area contributed by atoms with E-state index in [1.54, 1.807) is 15.9 Å². The second kappa shape index (κ2) is 7.46. The van der Waals surface area contributed by atoms with Crippen molar-refractivity contribution in [2.24, 2.45) is 0 Å². The number of hydrogen-bond donors (Lipinski definition) is 1. The Kier molecular flexibility index (Phi) is 5.34. The minimum absolute atomic E-state index is 0.151. The lowest BCUT2D eigenvalue weighted by Crippen LogP contribution is -2.17. The second-order valence-electron chi connectivity index (χ2n) is 4.91. The van der Waals surface area contributed by atoms with E-state index in [9.17, 15) is 4.79 Å². The SMILES string of the molecule is CCCn1c(SCc2csc(-c3cccc(Br)c3)n2)n[nH]c1=O. The van der Waals surface area contributed by atoms with Gasteiger partial charge in [-0.1, -0.05) is 46.7 Å². The van der Waals surface area contributed by atoms with E-state index in [-0.39, 0.29) is 5.69 Å². The molecule has 0 bridgehead atoms. The number of H-pyrrole nitrogens is 1. The van der Waals surface area contributed by atoms with Gasteiger partial charge in [0.05, 0.1) is 5.69 Å². The third-order valence-corrected chi connectivity index (χ3v) is 5.59. The van der Waals surface area contributed by atoms with Crippen molar-refractivity contribution in [1.82, 2.24) is 19.7 Å². The zero-order chi connectivity index (χ0) is 16.2. The van der Waals surface area contributed by atoms with Crippen molar-refractivity contribution < 1.29 is 0 Å². The predicted molar refractivity (Wildman–Crippen MR) is 97.9 cm³/mol.